The molecule has 2 rings (SSSR count). The molecule has 0 aliphatic heterocycles. The van der Waals surface area contributed by atoms with Gasteiger partial charge in [-0.2, -0.15) is 0 Å². The molecule has 2 aromatic rings. The number of benzene rings is 1. The van der Waals surface area contributed by atoms with Gasteiger partial charge in [0.25, 0.3) is 0 Å². The van der Waals surface area contributed by atoms with E-state index in [0.29, 0.717) is 17.3 Å². The molecule has 100 valence electrons. The van der Waals surface area contributed by atoms with E-state index in [1.807, 2.05) is 23.6 Å². The highest BCUT2D eigenvalue weighted by atomic mass is 79.9. The zero-order chi connectivity index (χ0) is 13.8. The van der Waals surface area contributed by atoms with Crippen molar-refractivity contribution in [2.24, 2.45) is 0 Å². The number of nitrogens with zero attached hydrogens (tertiary/aromatic N) is 1. The lowest BCUT2D eigenvalue weighted by Crippen LogP contribution is -2.30. The summed E-state index contributed by atoms with van der Waals surface area (Å²) >= 11 is 11.0. The van der Waals surface area contributed by atoms with Crippen LogP contribution in [-0.4, -0.2) is 18.0 Å². The Kier molecular flexibility index (Phi) is 4.85. The first-order chi connectivity index (χ1) is 9.06. The average Bonchev–Trinajstić information content (AvgIpc) is 2.77. The molecule has 0 radical (unpaired) electrons. The topological polar surface area (TPSA) is 32.3 Å². The molecule has 2 amide bonds. The molecule has 0 aliphatic carbocycles. The number of carbonyl (C=O) groups excluding carboxylic acids is 1. The van der Waals surface area contributed by atoms with Crippen molar-refractivity contribution in [1.82, 2.24) is 4.90 Å². The van der Waals surface area contributed by atoms with E-state index < -0.39 is 0 Å². The summed E-state index contributed by atoms with van der Waals surface area (Å²) in [6, 6.07) is 8.99. The van der Waals surface area contributed by atoms with Crippen LogP contribution in [0.1, 0.15) is 4.88 Å². The molecule has 0 unspecified atom stereocenters. The fourth-order valence-corrected chi connectivity index (χ4v) is 3.20. The summed E-state index contributed by atoms with van der Waals surface area (Å²) in [7, 11) is 1.75. The maximum atomic E-state index is 12.0. The molecular weight excluding hydrogens is 348 g/mol. The van der Waals surface area contributed by atoms with Crippen LogP contribution in [0.3, 0.4) is 0 Å². The summed E-state index contributed by atoms with van der Waals surface area (Å²) < 4.78 is 1.03. The van der Waals surface area contributed by atoms with Crippen LogP contribution in [0.2, 0.25) is 5.02 Å². The van der Waals surface area contributed by atoms with Gasteiger partial charge in [0.2, 0.25) is 0 Å². The molecule has 1 heterocycles. The molecule has 1 aromatic heterocycles. The summed E-state index contributed by atoms with van der Waals surface area (Å²) in [4.78, 5) is 14.8. The zero-order valence-corrected chi connectivity index (χ0v) is 13.3. The van der Waals surface area contributed by atoms with Crippen molar-refractivity contribution in [2.45, 2.75) is 6.54 Å². The third kappa shape index (κ3) is 3.96. The fourth-order valence-electron chi connectivity index (χ4n) is 1.52. The third-order valence-electron chi connectivity index (χ3n) is 2.48. The molecule has 1 N–H and O–H groups in total. The van der Waals surface area contributed by atoms with Crippen molar-refractivity contribution in [2.75, 3.05) is 12.4 Å². The highest BCUT2D eigenvalue weighted by Crippen LogP contribution is 2.23. The maximum absolute atomic E-state index is 12.0. The Morgan fingerprint density at radius 1 is 1.47 bits per heavy atom. The largest absolute Gasteiger partial charge is 0.322 e. The smallest absolute Gasteiger partial charge is 0.321 e. The number of amides is 2. The third-order valence-corrected chi connectivity index (χ3v) is 4.49. The lowest BCUT2D eigenvalue weighted by Gasteiger charge is -2.17. The number of para-hydroxylation sites is 1. The van der Waals surface area contributed by atoms with E-state index >= 15 is 0 Å². The molecule has 0 bridgehead atoms. The summed E-state index contributed by atoms with van der Waals surface area (Å²) in [6.07, 6.45) is 0. The number of rotatable bonds is 3. The minimum absolute atomic E-state index is 0.183. The molecule has 0 fully saturated rings. The molecule has 6 heteroatoms. The van der Waals surface area contributed by atoms with Gasteiger partial charge in [-0.3, -0.25) is 0 Å². The number of nitrogens with one attached hydrogen (secondary N) is 1. The van der Waals surface area contributed by atoms with Crippen LogP contribution in [0.25, 0.3) is 0 Å². The quantitative estimate of drug-likeness (QED) is 0.836. The molecule has 19 heavy (non-hydrogen) atoms. The van der Waals surface area contributed by atoms with Gasteiger partial charge in [-0.1, -0.05) is 23.7 Å². The van der Waals surface area contributed by atoms with Crippen molar-refractivity contribution in [1.29, 1.82) is 0 Å². The molecule has 0 saturated heterocycles. The predicted octanol–water partition coefficient (Wildman–Crippen LogP) is 4.83. The van der Waals surface area contributed by atoms with Crippen LogP contribution in [0.15, 0.2) is 40.2 Å². The number of halogens is 2. The maximum Gasteiger partial charge on any atom is 0.321 e. The lowest BCUT2D eigenvalue weighted by molar-refractivity contribution is 0.221. The zero-order valence-electron chi connectivity index (χ0n) is 10.2. The number of carbonyl (C=O) groups is 1. The van der Waals surface area contributed by atoms with Crippen LogP contribution in [0.4, 0.5) is 10.5 Å². The molecular formula is C13H12BrClN2OS. The lowest BCUT2D eigenvalue weighted by atomic mass is 10.3. The van der Waals surface area contributed by atoms with Gasteiger partial charge >= 0.3 is 6.03 Å². The first-order valence-electron chi connectivity index (χ1n) is 5.56. The summed E-state index contributed by atoms with van der Waals surface area (Å²) in [6.45, 7) is 0.562. The number of anilines is 1. The van der Waals surface area contributed by atoms with Gasteiger partial charge in [-0.05, 0) is 34.1 Å². The molecule has 0 atom stereocenters. The van der Waals surface area contributed by atoms with E-state index in [2.05, 4.69) is 21.2 Å². The van der Waals surface area contributed by atoms with Gasteiger partial charge < -0.3 is 10.2 Å². The fraction of sp³-hybridized carbons (Fsp3) is 0.154. The molecule has 0 aliphatic rings. The van der Waals surface area contributed by atoms with Crippen molar-refractivity contribution >= 4 is 50.6 Å². The van der Waals surface area contributed by atoms with E-state index in [-0.39, 0.29) is 6.03 Å². The summed E-state index contributed by atoms with van der Waals surface area (Å²) in [5.41, 5.74) is 0.619. The van der Waals surface area contributed by atoms with Crippen LogP contribution < -0.4 is 5.32 Å². The number of hydrogen-bond donors (Lipinski definition) is 1. The molecule has 3 nitrogen and oxygen atoms in total. The van der Waals surface area contributed by atoms with Crippen molar-refractivity contribution in [3.63, 3.8) is 0 Å². The highest BCUT2D eigenvalue weighted by Gasteiger charge is 2.11. The second kappa shape index (κ2) is 6.41. The Morgan fingerprint density at radius 2 is 2.21 bits per heavy atom. The monoisotopic (exact) mass is 358 g/mol. The molecule has 1 aromatic carbocycles. The average molecular weight is 360 g/mol. The van der Waals surface area contributed by atoms with Crippen LogP contribution in [0, 0.1) is 0 Å². The summed E-state index contributed by atoms with van der Waals surface area (Å²) in [5, 5.41) is 5.31. The van der Waals surface area contributed by atoms with E-state index in [9.17, 15) is 4.79 Å². The first kappa shape index (κ1) is 14.4. The highest BCUT2D eigenvalue weighted by molar-refractivity contribution is 9.10. The first-order valence-corrected chi connectivity index (χ1v) is 7.61. The Bertz CT molecular complexity index is 588. The Morgan fingerprint density at radius 3 is 2.84 bits per heavy atom. The van der Waals surface area contributed by atoms with Crippen molar-refractivity contribution in [3.8, 4) is 0 Å². The van der Waals surface area contributed by atoms with Gasteiger partial charge in [0.15, 0.2) is 0 Å². The standard InChI is InChI=1S/C13H12BrClN2OS/c1-17(7-10-6-9(14)8-19-10)13(18)16-12-5-3-2-4-11(12)15/h2-6,8H,7H2,1H3,(H,16,18). The van der Waals surface area contributed by atoms with Crippen LogP contribution >= 0.6 is 38.9 Å². The number of urea groups is 1. The summed E-state index contributed by atoms with van der Waals surface area (Å²) in [5.74, 6) is 0. The second-order valence-electron chi connectivity index (χ2n) is 4.00. The minimum atomic E-state index is -0.183. The molecule has 0 saturated carbocycles. The van der Waals surface area contributed by atoms with Gasteiger partial charge in [0.05, 0.1) is 17.3 Å². The number of thiophene rings is 1. The van der Waals surface area contributed by atoms with Gasteiger partial charge in [-0.15, -0.1) is 11.3 Å². The van der Waals surface area contributed by atoms with E-state index in [0.717, 1.165) is 9.35 Å². The van der Waals surface area contributed by atoms with Crippen LogP contribution in [0.5, 0.6) is 0 Å². The Labute approximate surface area is 129 Å². The van der Waals surface area contributed by atoms with Crippen molar-refractivity contribution < 1.29 is 4.79 Å². The van der Waals surface area contributed by atoms with E-state index in [1.54, 1.807) is 35.4 Å². The van der Waals surface area contributed by atoms with Gasteiger partial charge in [0.1, 0.15) is 0 Å². The van der Waals surface area contributed by atoms with E-state index in [4.69, 9.17) is 11.6 Å². The SMILES string of the molecule is CN(Cc1cc(Br)cs1)C(=O)Nc1ccccc1Cl. The minimum Gasteiger partial charge on any atom is -0.322 e. The second-order valence-corrected chi connectivity index (χ2v) is 6.32. The van der Waals surface area contributed by atoms with Gasteiger partial charge in [0, 0.05) is 21.8 Å². The predicted molar refractivity (Wildman–Crippen MR) is 84.0 cm³/mol. The normalized spacial score (nSPS) is 10.3. The van der Waals surface area contributed by atoms with Crippen LogP contribution in [-0.2, 0) is 6.54 Å². The molecule has 0 spiro atoms. The van der Waals surface area contributed by atoms with Gasteiger partial charge in [-0.25, -0.2) is 4.79 Å². The Hall–Kier alpha value is -1.04. The van der Waals surface area contributed by atoms with E-state index in [1.165, 1.54) is 0 Å². The van der Waals surface area contributed by atoms with Crippen molar-refractivity contribution in [3.05, 3.63) is 50.1 Å². The Balaban J connectivity index is 1.98. The number of hydrogen-bond acceptors (Lipinski definition) is 2.